The lowest BCUT2D eigenvalue weighted by molar-refractivity contribution is 0.0933. The second-order valence-electron chi connectivity index (χ2n) is 3.66. The number of ether oxygens (including phenoxy) is 1. The lowest BCUT2D eigenvalue weighted by Gasteiger charge is -2.01. The molecule has 0 aliphatic rings. The summed E-state index contributed by atoms with van der Waals surface area (Å²) in [6.45, 7) is 1.02. The predicted octanol–water partition coefficient (Wildman–Crippen LogP) is 2.31. The normalized spacial score (nSPS) is 10.7. The average molecular weight is 297 g/mol. The number of hydrogen-bond acceptors (Lipinski definition) is 2. The summed E-state index contributed by atoms with van der Waals surface area (Å²) in [5.41, 5.74) is 1.51. The van der Waals surface area contributed by atoms with Crippen molar-refractivity contribution < 1.29 is 9.53 Å². The van der Waals surface area contributed by atoms with E-state index in [1.807, 2.05) is 24.3 Å². The van der Waals surface area contributed by atoms with Crippen molar-refractivity contribution >= 4 is 32.7 Å². The molecule has 0 spiro atoms. The molecule has 0 unspecified atom stereocenters. The maximum absolute atomic E-state index is 11.8. The molecule has 0 aliphatic heterocycles. The summed E-state index contributed by atoms with van der Waals surface area (Å²) >= 11 is 3.39. The molecule has 2 N–H and O–H groups in total. The third kappa shape index (κ3) is 2.87. The number of aromatic amines is 1. The van der Waals surface area contributed by atoms with Crippen molar-refractivity contribution in [2.24, 2.45) is 0 Å². The summed E-state index contributed by atoms with van der Waals surface area (Å²) in [5, 5.41) is 3.79. The van der Waals surface area contributed by atoms with Crippen molar-refractivity contribution in [3.8, 4) is 0 Å². The van der Waals surface area contributed by atoms with Gasteiger partial charge in [0.1, 0.15) is 5.69 Å². The van der Waals surface area contributed by atoms with Crippen molar-refractivity contribution in [3.05, 3.63) is 34.4 Å². The molecule has 17 heavy (non-hydrogen) atoms. The zero-order valence-electron chi connectivity index (χ0n) is 9.42. The molecular formula is C12H13BrN2O2. The number of fused-ring (bicyclic) bond motifs is 1. The highest BCUT2D eigenvalue weighted by atomic mass is 79.9. The lowest BCUT2D eigenvalue weighted by Crippen LogP contribution is -2.27. The van der Waals surface area contributed by atoms with Gasteiger partial charge in [0.15, 0.2) is 0 Å². The molecule has 0 bridgehead atoms. The van der Waals surface area contributed by atoms with Gasteiger partial charge in [0, 0.05) is 29.0 Å². The van der Waals surface area contributed by atoms with Gasteiger partial charge in [0.25, 0.3) is 5.91 Å². The molecule has 0 fully saturated rings. The van der Waals surface area contributed by atoms with Crippen LogP contribution in [0.1, 0.15) is 10.5 Å². The zero-order chi connectivity index (χ0) is 12.3. The van der Waals surface area contributed by atoms with E-state index >= 15 is 0 Å². The number of aromatic nitrogens is 1. The topological polar surface area (TPSA) is 54.1 Å². The van der Waals surface area contributed by atoms with Crippen molar-refractivity contribution in [2.45, 2.75) is 0 Å². The smallest absolute Gasteiger partial charge is 0.267 e. The molecule has 0 atom stereocenters. The fourth-order valence-corrected chi connectivity index (χ4v) is 1.94. The van der Waals surface area contributed by atoms with Gasteiger partial charge >= 0.3 is 0 Å². The van der Waals surface area contributed by atoms with Crippen molar-refractivity contribution in [1.29, 1.82) is 0 Å². The molecule has 0 radical (unpaired) electrons. The van der Waals surface area contributed by atoms with Crippen LogP contribution in [0.3, 0.4) is 0 Å². The van der Waals surface area contributed by atoms with E-state index in [0.717, 1.165) is 15.4 Å². The Morgan fingerprint density at radius 1 is 1.47 bits per heavy atom. The number of H-pyrrole nitrogens is 1. The first-order valence-electron chi connectivity index (χ1n) is 5.26. The Hall–Kier alpha value is -1.33. The number of carbonyl (C=O) groups excluding carboxylic acids is 1. The van der Waals surface area contributed by atoms with Gasteiger partial charge in [-0.15, -0.1) is 0 Å². The third-order valence-corrected chi connectivity index (χ3v) is 2.91. The van der Waals surface area contributed by atoms with E-state index < -0.39 is 0 Å². The Bertz CT molecular complexity index is 536. The molecule has 5 heteroatoms. The van der Waals surface area contributed by atoms with Gasteiger partial charge in [-0.2, -0.15) is 0 Å². The average Bonchev–Trinajstić information content (AvgIpc) is 2.72. The Labute approximate surface area is 107 Å². The summed E-state index contributed by atoms with van der Waals surface area (Å²) in [7, 11) is 1.60. The number of hydrogen-bond donors (Lipinski definition) is 2. The third-order valence-electron chi connectivity index (χ3n) is 2.42. The standard InChI is InChI=1S/C12H13BrN2O2/c1-17-5-4-14-12(16)11-6-8-2-3-9(13)7-10(8)15-11/h2-3,6-7,15H,4-5H2,1H3,(H,14,16). The highest BCUT2D eigenvalue weighted by molar-refractivity contribution is 9.10. The molecule has 0 aliphatic carbocycles. The van der Waals surface area contributed by atoms with Crippen LogP contribution < -0.4 is 5.32 Å². The van der Waals surface area contributed by atoms with Crippen LogP contribution in [0.5, 0.6) is 0 Å². The highest BCUT2D eigenvalue weighted by Gasteiger charge is 2.08. The Morgan fingerprint density at radius 2 is 2.29 bits per heavy atom. The highest BCUT2D eigenvalue weighted by Crippen LogP contribution is 2.20. The second kappa shape index (κ2) is 5.33. The fourth-order valence-electron chi connectivity index (χ4n) is 1.58. The van der Waals surface area contributed by atoms with Gasteiger partial charge in [-0.1, -0.05) is 22.0 Å². The van der Waals surface area contributed by atoms with Gasteiger partial charge < -0.3 is 15.0 Å². The maximum atomic E-state index is 11.8. The molecule has 1 heterocycles. The van der Waals surface area contributed by atoms with Crippen LogP contribution in [-0.2, 0) is 4.74 Å². The first kappa shape index (κ1) is 12.1. The van der Waals surface area contributed by atoms with Gasteiger partial charge in [0.05, 0.1) is 6.61 Å². The summed E-state index contributed by atoms with van der Waals surface area (Å²) in [5.74, 6) is -0.116. The zero-order valence-corrected chi connectivity index (χ0v) is 11.0. The quantitative estimate of drug-likeness (QED) is 0.851. The maximum Gasteiger partial charge on any atom is 0.267 e. The van der Waals surface area contributed by atoms with Crippen molar-refractivity contribution in [2.75, 3.05) is 20.3 Å². The molecule has 0 saturated heterocycles. The van der Waals surface area contributed by atoms with E-state index in [-0.39, 0.29) is 5.91 Å². The Balaban J connectivity index is 2.15. The monoisotopic (exact) mass is 296 g/mol. The predicted molar refractivity (Wildman–Crippen MR) is 70.2 cm³/mol. The number of benzene rings is 1. The van der Waals surface area contributed by atoms with Gasteiger partial charge in [0.2, 0.25) is 0 Å². The molecule has 1 aromatic carbocycles. The largest absolute Gasteiger partial charge is 0.383 e. The van der Waals surface area contributed by atoms with Gasteiger partial charge in [-0.3, -0.25) is 4.79 Å². The van der Waals surface area contributed by atoms with Gasteiger partial charge in [-0.05, 0) is 18.2 Å². The molecular weight excluding hydrogens is 284 g/mol. The summed E-state index contributed by atoms with van der Waals surface area (Å²) < 4.78 is 5.86. The summed E-state index contributed by atoms with van der Waals surface area (Å²) in [6.07, 6.45) is 0. The SMILES string of the molecule is COCCNC(=O)c1cc2ccc(Br)cc2[nH]1. The summed E-state index contributed by atoms with van der Waals surface area (Å²) in [6, 6.07) is 7.69. The van der Waals surface area contributed by atoms with Crippen LogP contribution in [-0.4, -0.2) is 31.2 Å². The van der Waals surface area contributed by atoms with E-state index in [1.54, 1.807) is 7.11 Å². The van der Waals surface area contributed by atoms with Crippen molar-refractivity contribution in [1.82, 2.24) is 10.3 Å². The first-order valence-corrected chi connectivity index (χ1v) is 6.05. The number of amides is 1. The van der Waals surface area contributed by atoms with E-state index in [2.05, 4.69) is 26.2 Å². The molecule has 1 aromatic heterocycles. The number of rotatable bonds is 4. The number of methoxy groups -OCH3 is 1. The second-order valence-corrected chi connectivity index (χ2v) is 4.58. The molecule has 2 aromatic rings. The fraction of sp³-hybridized carbons (Fsp3) is 0.250. The minimum Gasteiger partial charge on any atom is -0.383 e. The lowest BCUT2D eigenvalue weighted by atomic mass is 10.2. The number of carbonyl (C=O) groups is 1. The minimum atomic E-state index is -0.116. The van der Waals surface area contributed by atoms with Crippen LogP contribution in [0.15, 0.2) is 28.7 Å². The summed E-state index contributed by atoms with van der Waals surface area (Å²) in [4.78, 5) is 14.8. The molecule has 1 amide bonds. The van der Waals surface area contributed by atoms with E-state index in [1.165, 1.54) is 0 Å². The molecule has 90 valence electrons. The first-order chi connectivity index (χ1) is 8.20. The van der Waals surface area contributed by atoms with Crippen LogP contribution in [0.2, 0.25) is 0 Å². The molecule has 0 saturated carbocycles. The number of halogens is 1. The van der Waals surface area contributed by atoms with Crippen LogP contribution in [0.25, 0.3) is 10.9 Å². The molecule has 2 rings (SSSR count). The van der Waals surface area contributed by atoms with E-state index in [9.17, 15) is 4.79 Å². The molecule has 4 nitrogen and oxygen atoms in total. The van der Waals surface area contributed by atoms with Crippen LogP contribution in [0, 0.1) is 0 Å². The Morgan fingerprint density at radius 3 is 3.06 bits per heavy atom. The van der Waals surface area contributed by atoms with Crippen molar-refractivity contribution in [3.63, 3.8) is 0 Å². The van der Waals surface area contributed by atoms with E-state index in [0.29, 0.717) is 18.8 Å². The van der Waals surface area contributed by atoms with Crippen LogP contribution >= 0.6 is 15.9 Å². The van der Waals surface area contributed by atoms with Gasteiger partial charge in [-0.25, -0.2) is 0 Å². The Kier molecular flexibility index (Phi) is 3.81. The van der Waals surface area contributed by atoms with Crippen LogP contribution in [0.4, 0.5) is 0 Å². The van der Waals surface area contributed by atoms with E-state index in [4.69, 9.17) is 4.74 Å². The number of nitrogens with one attached hydrogen (secondary N) is 2. The minimum absolute atomic E-state index is 0.116.